The fourth-order valence-corrected chi connectivity index (χ4v) is 5.75. The normalized spacial score (nSPS) is 14.7. The molecule has 5 rings (SSSR count). The number of likely N-dealkylation sites (N-methyl/N-ethyl adjacent to an activating group) is 2. The number of hydrogen-bond acceptors (Lipinski definition) is 7. The Labute approximate surface area is 248 Å². The molecule has 0 N–H and O–H groups in total. The number of anilines is 1. The smallest absolute Gasteiger partial charge is 0.230 e. The topological polar surface area (TPSA) is 41.1 Å². The van der Waals surface area contributed by atoms with E-state index in [-0.39, 0.29) is 0 Å². The number of rotatable bonds is 11. The first kappa shape index (κ1) is 29.0. The van der Waals surface area contributed by atoms with Crippen LogP contribution in [-0.4, -0.2) is 75.3 Å². The van der Waals surface area contributed by atoms with E-state index in [2.05, 4.69) is 103 Å². The molecule has 0 radical (unpaired) electrons. The molecular formula is C34H40N4O2S. The predicted molar refractivity (Wildman–Crippen MR) is 169 cm³/mol. The van der Waals surface area contributed by atoms with Crippen molar-refractivity contribution in [1.29, 1.82) is 0 Å². The molecule has 6 nitrogen and oxygen atoms in total. The van der Waals surface area contributed by atoms with Crippen LogP contribution < -0.4 is 14.4 Å². The zero-order valence-corrected chi connectivity index (χ0v) is 25.3. The first-order chi connectivity index (χ1) is 20.0. The van der Waals surface area contributed by atoms with E-state index in [9.17, 15) is 0 Å². The molecule has 1 atom stereocenters. The number of benzene rings is 3. The SMILES string of the molecule is CC(c1ccccc1)c1cccc(Sc2cc(Oc3ccccc3)c(N3CCN(C)CC3)nc2OCCN(C)C)c1. The van der Waals surface area contributed by atoms with Gasteiger partial charge in [-0.1, -0.05) is 79.3 Å². The van der Waals surface area contributed by atoms with Gasteiger partial charge in [-0.2, -0.15) is 4.98 Å². The third-order valence-corrected chi connectivity index (χ3v) is 8.34. The molecule has 2 heterocycles. The summed E-state index contributed by atoms with van der Waals surface area (Å²) in [5.41, 5.74) is 2.58. The Hall–Kier alpha value is -3.52. The summed E-state index contributed by atoms with van der Waals surface area (Å²) < 4.78 is 12.8. The minimum absolute atomic E-state index is 0.294. The van der Waals surface area contributed by atoms with Crippen LogP contribution in [0, 0.1) is 0 Å². The van der Waals surface area contributed by atoms with E-state index >= 15 is 0 Å². The van der Waals surface area contributed by atoms with Gasteiger partial charge in [0, 0.05) is 49.6 Å². The molecule has 1 aliphatic rings. The van der Waals surface area contributed by atoms with Gasteiger partial charge in [0.05, 0.1) is 4.90 Å². The lowest BCUT2D eigenvalue weighted by Crippen LogP contribution is -2.45. The van der Waals surface area contributed by atoms with Crippen molar-refractivity contribution in [2.24, 2.45) is 0 Å². The zero-order valence-electron chi connectivity index (χ0n) is 24.5. The number of aromatic nitrogens is 1. The lowest BCUT2D eigenvalue weighted by atomic mass is 9.93. The van der Waals surface area contributed by atoms with Crippen LogP contribution in [0.2, 0.25) is 0 Å². The predicted octanol–water partition coefficient (Wildman–Crippen LogP) is 6.87. The lowest BCUT2D eigenvalue weighted by molar-refractivity contribution is 0.248. The maximum absolute atomic E-state index is 6.49. The maximum Gasteiger partial charge on any atom is 0.230 e. The van der Waals surface area contributed by atoms with Gasteiger partial charge in [-0.3, -0.25) is 0 Å². The van der Waals surface area contributed by atoms with Crippen molar-refractivity contribution < 1.29 is 9.47 Å². The summed E-state index contributed by atoms with van der Waals surface area (Å²) in [6.07, 6.45) is 0. The van der Waals surface area contributed by atoms with E-state index in [4.69, 9.17) is 14.5 Å². The molecule has 1 aliphatic heterocycles. The van der Waals surface area contributed by atoms with Gasteiger partial charge in [-0.15, -0.1) is 0 Å². The van der Waals surface area contributed by atoms with Gasteiger partial charge < -0.3 is 24.2 Å². The molecule has 0 amide bonds. The van der Waals surface area contributed by atoms with Gasteiger partial charge in [0.1, 0.15) is 12.4 Å². The Bertz CT molecular complexity index is 1390. The number of ether oxygens (including phenoxy) is 2. The quantitative estimate of drug-likeness (QED) is 0.196. The minimum atomic E-state index is 0.294. The van der Waals surface area contributed by atoms with E-state index in [1.807, 2.05) is 30.3 Å². The molecule has 1 fully saturated rings. The van der Waals surface area contributed by atoms with Gasteiger partial charge >= 0.3 is 0 Å². The van der Waals surface area contributed by atoms with E-state index in [0.29, 0.717) is 18.4 Å². The molecule has 1 aromatic heterocycles. The van der Waals surface area contributed by atoms with Gasteiger partial charge in [0.15, 0.2) is 11.6 Å². The van der Waals surface area contributed by atoms with Crippen LogP contribution in [0.15, 0.2) is 101 Å². The van der Waals surface area contributed by atoms with Crippen LogP contribution in [0.5, 0.6) is 17.4 Å². The van der Waals surface area contributed by atoms with Gasteiger partial charge in [-0.05, 0) is 56.5 Å². The largest absolute Gasteiger partial charge is 0.475 e. The van der Waals surface area contributed by atoms with Crippen molar-refractivity contribution in [3.63, 3.8) is 0 Å². The number of hydrogen-bond donors (Lipinski definition) is 0. The minimum Gasteiger partial charge on any atom is -0.475 e. The number of pyridine rings is 1. The maximum atomic E-state index is 6.49. The Morgan fingerprint density at radius 1 is 0.854 bits per heavy atom. The molecule has 214 valence electrons. The third kappa shape index (κ3) is 7.82. The van der Waals surface area contributed by atoms with Crippen molar-refractivity contribution in [3.05, 3.63) is 102 Å². The average Bonchev–Trinajstić information content (AvgIpc) is 2.99. The summed E-state index contributed by atoms with van der Waals surface area (Å²) in [6.45, 7) is 7.35. The molecule has 4 aromatic rings. The van der Waals surface area contributed by atoms with Crippen LogP contribution in [0.1, 0.15) is 24.0 Å². The van der Waals surface area contributed by atoms with Gasteiger partial charge in [0.25, 0.3) is 0 Å². The molecule has 7 heteroatoms. The van der Waals surface area contributed by atoms with Gasteiger partial charge in [0.2, 0.25) is 5.88 Å². The highest BCUT2D eigenvalue weighted by Gasteiger charge is 2.24. The first-order valence-corrected chi connectivity index (χ1v) is 15.1. The Balaban J connectivity index is 1.50. The van der Waals surface area contributed by atoms with Gasteiger partial charge in [-0.25, -0.2) is 0 Å². The molecular weight excluding hydrogens is 528 g/mol. The van der Waals surface area contributed by atoms with Crippen LogP contribution in [0.4, 0.5) is 5.82 Å². The molecule has 0 spiro atoms. The molecule has 41 heavy (non-hydrogen) atoms. The number of para-hydroxylation sites is 1. The second-order valence-electron chi connectivity index (χ2n) is 10.8. The summed E-state index contributed by atoms with van der Waals surface area (Å²) in [4.78, 5) is 14.0. The summed E-state index contributed by atoms with van der Waals surface area (Å²) in [7, 11) is 6.27. The Kier molecular flexibility index (Phi) is 9.83. The highest BCUT2D eigenvalue weighted by Crippen LogP contribution is 2.42. The van der Waals surface area contributed by atoms with Crippen LogP contribution >= 0.6 is 11.8 Å². The standard InChI is InChI=1S/C34H40N4O2S/c1-26(27-12-7-5-8-13-27)28-14-11-17-30(24-28)41-32-25-31(40-29-15-9-6-10-16-29)33(38-20-18-37(4)19-21-38)35-34(32)39-23-22-36(2)3/h5-17,24-26H,18-23H2,1-4H3. The van der Waals surface area contributed by atoms with E-state index in [1.54, 1.807) is 11.8 Å². The second-order valence-corrected chi connectivity index (χ2v) is 11.9. The van der Waals surface area contributed by atoms with E-state index in [1.165, 1.54) is 11.1 Å². The molecule has 1 unspecified atom stereocenters. The summed E-state index contributed by atoms with van der Waals surface area (Å²) in [5.74, 6) is 3.31. The molecule has 1 saturated heterocycles. The van der Waals surface area contributed by atoms with Crippen LogP contribution in [0.3, 0.4) is 0 Å². The Morgan fingerprint density at radius 2 is 1.54 bits per heavy atom. The van der Waals surface area contributed by atoms with E-state index < -0.39 is 0 Å². The summed E-state index contributed by atoms with van der Waals surface area (Å²) >= 11 is 1.67. The number of nitrogens with zero attached hydrogens (tertiary/aromatic N) is 4. The van der Waals surface area contributed by atoms with E-state index in [0.717, 1.165) is 59.8 Å². The van der Waals surface area contributed by atoms with Crippen molar-refractivity contribution in [3.8, 4) is 17.4 Å². The second kappa shape index (κ2) is 13.9. The zero-order chi connectivity index (χ0) is 28.6. The highest BCUT2D eigenvalue weighted by molar-refractivity contribution is 7.99. The van der Waals surface area contributed by atoms with Crippen molar-refractivity contribution >= 4 is 17.6 Å². The van der Waals surface area contributed by atoms with Crippen molar-refractivity contribution in [2.45, 2.75) is 22.6 Å². The Morgan fingerprint density at radius 3 is 2.24 bits per heavy atom. The van der Waals surface area contributed by atoms with Crippen LogP contribution in [0.25, 0.3) is 0 Å². The van der Waals surface area contributed by atoms with Crippen molar-refractivity contribution in [1.82, 2.24) is 14.8 Å². The molecule has 3 aromatic carbocycles. The molecule has 0 bridgehead atoms. The monoisotopic (exact) mass is 568 g/mol. The fourth-order valence-electron chi connectivity index (χ4n) is 4.80. The van der Waals surface area contributed by atoms with Crippen LogP contribution in [-0.2, 0) is 0 Å². The fraction of sp³-hybridized carbons (Fsp3) is 0.324. The average molecular weight is 569 g/mol. The highest BCUT2D eigenvalue weighted by atomic mass is 32.2. The summed E-state index contributed by atoms with van der Waals surface area (Å²) in [5, 5.41) is 0. The molecule has 0 aliphatic carbocycles. The molecule has 0 saturated carbocycles. The first-order valence-electron chi connectivity index (χ1n) is 14.3. The third-order valence-electron chi connectivity index (χ3n) is 7.34. The number of piperazine rings is 1. The van der Waals surface area contributed by atoms with Crippen molar-refractivity contribution in [2.75, 3.05) is 65.4 Å². The summed E-state index contributed by atoms with van der Waals surface area (Å²) in [6, 6.07) is 31.5. The lowest BCUT2D eigenvalue weighted by Gasteiger charge is -2.34.